The number of benzene rings is 2. The summed E-state index contributed by atoms with van der Waals surface area (Å²) in [7, 11) is 0. The maximum absolute atomic E-state index is 2.50. The molecule has 0 atom stereocenters. The molecule has 0 amide bonds. The van der Waals surface area contributed by atoms with E-state index in [0.29, 0.717) is 0 Å². The third-order valence-electron chi connectivity index (χ3n) is 5.18. The van der Waals surface area contributed by atoms with Crippen LogP contribution in [-0.2, 0) is 6.54 Å². The van der Waals surface area contributed by atoms with Crippen LogP contribution in [0.15, 0.2) is 70.6 Å². The number of para-hydroxylation sites is 2. The van der Waals surface area contributed by atoms with Gasteiger partial charge in [-0.15, -0.1) is 0 Å². The highest BCUT2D eigenvalue weighted by atomic mass is 127. The predicted octanol–water partition coefficient (Wildman–Crippen LogP) is 3.25. The predicted molar refractivity (Wildman–Crippen MR) is 117 cm³/mol. The summed E-state index contributed by atoms with van der Waals surface area (Å²) in [5.74, 6) is 0. The number of hydrogen-bond acceptors (Lipinski definition) is 2. The smallest absolute Gasteiger partial charge is 0.212 e. The van der Waals surface area contributed by atoms with Gasteiger partial charge >= 0.3 is 0 Å². The summed E-state index contributed by atoms with van der Waals surface area (Å²) in [6.45, 7) is 6.55. The zero-order valence-electron chi connectivity index (χ0n) is 16.6. The minimum atomic E-state index is 0. The lowest BCUT2D eigenvalue weighted by molar-refractivity contribution is -0.669. The summed E-state index contributed by atoms with van der Waals surface area (Å²) in [5, 5.41) is 2.63. The van der Waals surface area contributed by atoms with Crippen molar-refractivity contribution in [3.63, 3.8) is 0 Å². The third-order valence-corrected chi connectivity index (χ3v) is 6.29. The summed E-state index contributed by atoms with van der Waals surface area (Å²) in [6, 6.07) is 21.9. The highest BCUT2D eigenvalue weighted by Gasteiger charge is 2.25. The van der Waals surface area contributed by atoms with Gasteiger partial charge in [-0.2, -0.15) is 4.57 Å². The summed E-state index contributed by atoms with van der Waals surface area (Å²) in [5.41, 5.74) is 3.92. The highest BCUT2D eigenvalue weighted by Crippen LogP contribution is 2.46. The van der Waals surface area contributed by atoms with Crippen molar-refractivity contribution in [1.29, 1.82) is 0 Å². The van der Waals surface area contributed by atoms with E-state index in [1.807, 2.05) is 11.8 Å². The quantitative estimate of drug-likeness (QED) is 0.290. The molecule has 0 unspecified atom stereocenters. The van der Waals surface area contributed by atoms with E-state index < -0.39 is 0 Å². The van der Waals surface area contributed by atoms with Crippen LogP contribution in [0.4, 0.5) is 5.69 Å². The van der Waals surface area contributed by atoms with E-state index in [2.05, 4.69) is 90.1 Å². The van der Waals surface area contributed by atoms with Crippen molar-refractivity contribution in [2.24, 2.45) is 0 Å². The van der Waals surface area contributed by atoms with Gasteiger partial charge in [0.25, 0.3) is 0 Å². The highest BCUT2D eigenvalue weighted by molar-refractivity contribution is 8.03. The van der Waals surface area contributed by atoms with Gasteiger partial charge in [0, 0.05) is 35.0 Å². The molecular weight excluding hydrogens is 475 g/mol. The molecule has 0 saturated carbocycles. The van der Waals surface area contributed by atoms with Gasteiger partial charge in [0.1, 0.15) is 6.54 Å². The van der Waals surface area contributed by atoms with Crippen LogP contribution in [0.1, 0.15) is 38.8 Å². The summed E-state index contributed by atoms with van der Waals surface area (Å²) in [4.78, 5) is 3.87. The number of thioether (sulfide) groups is 1. The average Bonchev–Trinajstić information content (AvgIpc) is 3.05. The fourth-order valence-electron chi connectivity index (χ4n) is 3.79. The first-order valence-electron chi connectivity index (χ1n) is 9.99. The van der Waals surface area contributed by atoms with Gasteiger partial charge in [0.15, 0.2) is 0 Å². The summed E-state index contributed by atoms with van der Waals surface area (Å²) in [6.07, 6.45) is 6.13. The molecule has 2 nitrogen and oxygen atoms in total. The van der Waals surface area contributed by atoms with E-state index in [1.54, 1.807) is 0 Å². The van der Waals surface area contributed by atoms with E-state index in [-0.39, 0.29) is 24.0 Å². The van der Waals surface area contributed by atoms with E-state index in [9.17, 15) is 0 Å². The molecule has 0 spiro atoms. The molecule has 0 aliphatic carbocycles. The Bertz CT molecular complexity index is 983. The van der Waals surface area contributed by atoms with E-state index >= 15 is 0 Å². The van der Waals surface area contributed by atoms with Crippen LogP contribution in [0.5, 0.6) is 0 Å². The summed E-state index contributed by atoms with van der Waals surface area (Å²) >= 11 is 1.90. The minimum Gasteiger partial charge on any atom is -1.00 e. The van der Waals surface area contributed by atoms with Crippen LogP contribution in [0, 0.1) is 0 Å². The van der Waals surface area contributed by atoms with Gasteiger partial charge < -0.3 is 28.9 Å². The first-order chi connectivity index (χ1) is 13.3. The number of unbranched alkanes of at least 4 members (excludes halogenated alkanes) is 2. The summed E-state index contributed by atoms with van der Waals surface area (Å²) < 4.78 is 2.41. The molecule has 2 heterocycles. The molecule has 0 fully saturated rings. The first-order valence-corrected chi connectivity index (χ1v) is 10.8. The molecule has 3 aromatic rings. The van der Waals surface area contributed by atoms with Crippen molar-refractivity contribution in [3.05, 3.63) is 71.4 Å². The first kappa shape index (κ1) is 21.2. The van der Waals surface area contributed by atoms with Crippen molar-refractivity contribution < 1.29 is 28.5 Å². The Balaban J connectivity index is 0.00000225. The largest absolute Gasteiger partial charge is 1.00 e. The normalized spacial score (nSPS) is 14.4. The average molecular weight is 502 g/mol. The molecule has 4 rings (SSSR count). The topological polar surface area (TPSA) is 7.12 Å². The molecule has 2 aromatic carbocycles. The number of hydrogen-bond donors (Lipinski definition) is 0. The van der Waals surface area contributed by atoms with Crippen LogP contribution in [0.3, 0.4) is 0 Å². The van der Waals surface area contributed by atoms with Crippen molar-refractivity contribution in [2.45, 2.75) is 44.6 Å². The number of nitrogens with zero attached hydrogens (tertiary/aromatic N) is 2. The lowest BCUT2D eigenvalue weighted by atomic mass is 10.2. The zero-order valence-corrected chi connectivity index (χ0v) is 19.5. The van der Waals surface area contributed by atoms with Crippen LogP contribution >= 0.6 is 11.8 Å². The van der Waals surface area contributed by atoms with Crippen molar-refractivity contribution in [3.8, 4) is 0 Å². The fourth-order valence-corrected chi connectivity index (χ4v) is 4.93. The maximum atomic E-state index is 2.50. The van der Waals surface area contributed by atoms with E-state index in [4.69, 9.17) is 0 Å². The molecule has 0 saturated heterocycles. The Morgan fingerprint density at radius 2 is 1.71 bits per heavy atom. The van der Waals surface area contributed by atoms with Gasteiger partial charge in [-0.3, -0.25) is 0 Å². The van der Waals surface area contributed by atoms with Crippen LogP contribution < -0.4 is 33.4 Å². The molecule has 0 bridgehead atoms. The molecule has 1 aliphatic rings. The second-order valence-corrected chi connectivity index (χ2v) is 8.03. The van der Waals surface area contributed by atoms with Gasteiger partial charge in [0.2, 0.25) is 11.2 Å². The second kappa shape index (κ2) is 9.79. The second-order valence-electron chi connectivity index (χ2n) is 6.97. The Kier molecular flexibility index (Phi) is 7.41. The van der Waals surface area contributed by atoms with Crippen LogP contribution in [0.2, 0.25) is 0 Å². The Hall–Kier alpha value is -1.53. The minimum absolute atomic E-state index is 0. The lowest BCUT2D eigenvalue weighted by Gasteiger charge is -2.20. The molecule has 28 heavy (non-hydrogen) atoms. The number of anilines is 1. The number of aromatic nitrogens is 1. The zero-order chi connectivity index (χ0) is 18.6. The van der Waals surface area contributed by atoms with Crippen LogP contribution in [-0.4, -0.2) is 6.54 Å². The number of pyridine rings is 1. The van der Waals surface area contributed by atoms with Crippen molar-refractivity contribution >= 4 is 34.4 Å². The molecule has 0 N–H and O–H groups in total. The van der Waals surface area contributed by atoms with Gasteiger partial charge in [-0.25, -0.2) is 0 Å². The number of fused-ring (bicyclic) bond motifs is 2. The number of aryl methyl sites for hydroxylation is 1. The Labute approximate surface area is 189 Å². The van der Waals surface area contributed by atoms with Gasteiger partial charge in [-0.05, 0) is 37.6 Å². The van der Waals surface area contributed by atoms with Crippen molar-refractivity contribution in [1.82, 2.24) is 0 Å². The van der Waals surface area contributed by atoms with Gasteiger partial charge in [-0.1, -0.05) is 55.8 Å². The van der Waals surface area contributed by atoms with E-state index in [1.165, 1.54) is 51.5 Å². The maximum Gasteiger partial charge on any atom is 0.212 e. The van der Waals surface area contributed by atoms with Gasteiger partial charge in [0.05, 0.1) is 10.7 Å². The number of rotatable bonds is 6. The molecule has 146 valence electrons. The standard InChI is InChI=1S/C24H27N2S.HI/c1-3-5-10-17-26-22-13-8-9-14-23(22)27-24(26)18-20-16-15-19-11-6-7-12-21(19)25(20)4-2;/h6-9,11-16,18H,3-5,10,17H2,1-2H3;1H/q+1;/p-1. The third kappa shape index (κ3) is 4.23. The monoisotopic (exact) mass is 502 g/mol. The number of halogens is 1. The lowest BCUT2D eigenvalue weighted by Crippen LogP contribution is -3.00. The fraction of sp³-hybridized carbons (Fsp3) is 0.292. The molecule has 4 heteroatoms. The van der Waals surface area contributed by atoms with E-state index in [0.717, 1.165) is 13.1 Å². The Morgan fingerprint density at radius 3 is 2.54 bits per heavy atom. The molecule has 0 radical (unpaired) electrons. The van der Waals surface area contributed by atoms with Crippen molar-refractivity contribution in [2.75, 3.05) is 11.4 Å². The molecule has 1 aromatic heterocycles. The van der Waals surface area contributed by atoms with Crippen LogP contribution in [0.25, 0.3) is 17.0 Å². The Morgan fingerprint density at radius 1 is 0.929 bits per heavy atom. The molecular formula is C24H27IN2S. The SMILES string of the molecule is CCCCCN1/C(=C/c2ccc3ccccc3[n+]2CC)Sc2ccccc21.[I-]. The molecule has 1 aliphatic heterocycles.